The van der Waals surface area contributed by atoms with Crippen molar-refractivity contribution in [3.63, 3.8) is 0 Å². The summed E-state index contributed by atoms with van der Waals surface area (Å²) in [6.45, 7) is 0. The lowest BCUT2D eigenvalue weighted by Gasteiger charge is -2.10. The van der Waals surface area contributed by atoms with Gasteiger partial charge < -0.3 is 5.11 Å². The van der Waals surface area contributed by atoms with Gasteiger partial charge in [-0.2, -0.15) is 0 Å². The van der Waals surface area contributed by atoms with Crippen molar-refractivity contribution in [2.45, 2.75) is 12.5 Å². The van der Waals surface area contributed by atoms with Gasteiger partial charge in [0.1, 0.15) is 11.9 Å². The Bertz CT molecular complexity index is 504. The summed E-state index contributed by atoms with van der Waals surface area (Å²) in [7, 11) is 0. The second-order valence-electron chi connectivity index (χ2n) is 3.71. The molecule has 88 valence electrons. The summed E-state index contributed by atoms with van der Waals surface area (Å²) in [5.41, 5.74) is 0.953. The standard InChI is InChI=1S/C13H11ClFNO/c14-10-5-4-9(11(15)8-10)7-13(17)12-3-1-2-6-16-12/h1-6,8,13,17H,7H2. The van der Waals surface area contributed by atoms with E-state index in [0.29, 0.717) is 16.3 Å². The van der Waals surface area contributed by atoms with Crippen LogP contribution in [0, 0.1) is 5.82 Å². The molecular formula is C13H11ClFNO. The van der Waals surface area contributed by atoms with Gasteiger partial charge in [-0.1, -0.05) is 23.7 Å². The van der Waals surface area contributed by atoms with Gasteiger partial charge in [-0.25, -0.2) is 4.39 Å². The molecule has 1 N–H and O–H groups in total. The van der Waals surface area contributed by atoms with E-state index in [-0.39, 0.29) is 6.42 Å². The molecule has 17 heavy (non-hydrogen) atoms. The molecule has 1 aromatic heterocycles. The maximum absolute atomic E-state index is 13.5. The molecule has 0 bridgehead atoms. The molecule has 0 radical (unpaired) electrons. The van der Waals surface area contributed by atoms with Crippen molar-refractivity contribution in [2.75, 3.05) is 0 Å². The van der Waals surface area contributed by atoms with Crippen molar-refractivity contribution in [3.8, 4) is 0 Å². The number of aliphatic hydroxyl groups excluding tert-OH is 1. The zero-order valence-electron chi connectivity index (χ0n) is 8.98. The lowest BCUT2D eigenvalue weighted by molar-refractivity contribution is 0.172. The lowest BCUT2D eigenvalue weighted by atomic mass is 10.0. The van der Waals surface area contributed by atoms with Gasteiger partial charge in [-0.05, 0) is 29.8 Å². The highest BCUT2D eigenvalue weighted by atomic mass is 35.5. The quantitative estimate of drug-likeness (QED) is 0.909. The predicted octanol–water partition coefficient (Wildman–Crippen LogP) is 3.15. The minimum Gasteiger partial charge on any atom is -0.386 e. The molecular weight excluding hydrogens is 241 g/mol. The first-order valence-electron chi connectivity index (χ1n) is 5.20. The summed E-state index contributed by atoms with van der Waals surface area (Å²) in [5.74, 6) is -0.410. The molecule has 0 saturated heterocycles. The highest BCUT2D eigenvalue weighted by molar-refractivity contribution is 6.30. The second kappa shape index (κ2) is 5.25. The van der Waals surface area contributed by atoms with Gasteiger partial charge in [-0.3, -0.25) is 4.98 Å². The Morgan fingerprint density at radius 1 is 1.29 bits per heavy atom. The van der Waals surface area contributed by atoms with Crippen LogP contribution >= 0.6 is 11.6 Å². The minimum atomic E-state index is -0.813. The fourth-order valence-electron chi connectivity index (χ4n) is 1.57. The van der Waals surface area contributed by atoms with Crippen molar-refractivity contribution in [2.24, 2.45) is 0 Å². The van der Waals surface area contributed by atoms with E-state index in [1.807, 2.05) is 0 Å². The number of hydrogen-bond acceptors (Lipinski definition) is 2. The maximum Gasteiger partial charge on any atom is 0.127 e. The van der Waals surface area contributed by atoms with Gasteiger partial charge in [0.05, 0.1) is 5.69 Å². The van der Waals surface area contributed by atoms with Crippen LogP contribution in [-0.2, 0) is 6.42 Å². The first-order valence-corrected chi connectivity index (χ1v) is 5.57. The normalized spacial score (nSPS) is 12.4. The van der Waals surface area contributed by atoms with E-state index in [9.17, 15) is 9.50 Å². The van der Waals surface area contributed by atoms with Gasteiger partial charge in [0, 0.05) is 17.6 Å². The molecule has 0 spiro atoms. The number of aromatic nitrogens is 1. The third-order valence-corrected chi connectivity index (χ3v) is 2.69. The molecule has 0 saturated carbocycles. The summed E-state index contributed by atoms with van der Waals surface area (Å²) in [5, 5.41) is 10.3. The number of nitrogens with zero attached hydrogens (tertiary/aromatic N) is 1. The average molecular weight is 252 g/mol. The van der Waals surface area contributed by atoms with Crippen LogP contribution in [0.15, 0.2) is 42.6 Å². The highest BCUT2D eigenvalue weighted by Crippen LogP contribution is 2.20. The zero-order chi connectivity index (χ0) is 12.3. The van der Waals surface area contributed by atoms with Crippen LogP contribution in [0.25, 0.3) is 0 Å². The average Bonchev–Trinajstić information content (AvgIpc) is 2.34. The first-order chi connectivity index (χ1) is 8.16. The molecule has 1 atom stereocenters. The molecule has 0 aliphatic heterocycles. The molecule has 4 heteroatoms. The Kier molecular flexibility index (Phi) is 3.71. The largest absolute Gasteiger partial charge is 0.386 e. The molecule has 0 fully saturated rings. The van der Waals surface area contributed by atoms with Gasteiger partial charge in [0.15, 0.2) is 0 Å². The topological polar surface area (TPSA) is 33.1 Å². The lowest BCUT2D eigenvalue weighted by Crippen LogP contribution is -2.05. The van der Waals surface area contributed by atoms with E-state index < -0.39 is 11.9 Å². The first kappa shape index (κ1) is 12.0. The van der Waals surface area contributed by atoms with E-state index >= 15 is 0 Å². The van der Waals surface area contributed by atoms with Crippen LogP contribution in [0.4, 0.5) is 4.39 Å². The van der Waals surface area contributed by atoms with Crippen molar-refractivity contribution in [1.82, 2.24) is 4.98 Å². The van der Waals surface area contributed by atoms with Crippen LogP contribution in [-0.4, -0.2) is 10.1 Å². The molecule has 0 aliphatic carbocycles. The SMILES string of the molecule is OC(Cc1ccc(Cl)cc1F)c1ccccn1. The van der Waals surface area contributed by atoms with E-state index in [1.54, 1.807) is 36.5 Å². The van der Waals surface area contributed by atoms with Gasteiger partial charge in [0.25, 0.3) is 0 Å². The Balaban J connectivity index is 2.16. The highest BCUT2D eigenvalue weighted by Gasteiger charge is 2.12. The Hall–Kier alpha value is -1.45. The van der Waals surface area contributed by atoms with Crippen LogP contribution < -0.4 is 0 Å². The van der Waals surface area contributed by atoms with Crippen LogP contribution in [0.1, 0.15) is 17.4 Å². The van der Waals surface area contributed by atoms with Crippen molar-refractivity contribution >= 4 is 11.6 Å². The van der Waals surface area contributed by atoms with E-state index in [2.05, 4.69) is 4.98 Å². The molecule has 0 aliphatic rings. The molecule has 2 aromatic rings. The monoisotopic (exact) mass is 251 g/mol. The van der Waals surface area contributed by atoms with E-state index in [0.717, 1.165) is 0 Å². The van der Waals surface area contributed by atoms with Crippen LogP contribution in [0.5, 0.6) is 0 Å². The fraction of sp³-hybridized carbons (Fsp3) is 0.154. The predicted molar refractivity (Wildman–Crippen MR) is 64.3 cm³/mol. The number of hydrogen-bond donors (Lipinski definition) is 1. The minimum absolute atomic E-state index is 0.181. The fourth-order valence-corrected chi connectivity index (χ4v) is 1.73. The summed E-state index contributed by atoms with van der Waals surface area (Å²) in [6.07, 6.45) is 0.962. The molecule has 1 heterocycles. The number of rotatable bonds is 3. The number of benzene rings is 1. The van der Waals surface area contributed by atoms with Crippen LogP contribution in [0.3, 0.4) is 0 Å². The summed E-state index contributed by atoms with van der Waals surface area (Å²) < 4.78 is 13.5. The zero-order valence-corrected chi connectivity index (χ0v) is 9.73. The molecule has 1 aromatic carbocycles. The summed E-state index contributed by atoms with van der Waals surface area (Å²) in [6, 6.07) is 9.67. The van der Waals surface area contributed by atoms with Crippen LogP contribution in [0.2, 0.25) is 5.02 Å². The Morgan fingerprint density at radius 2 is 2.12 bits per heavy atom. The van der Waals surface area contributed by atoms with E-state index in [1.165, 1.54) is 6.07 Å². The van der Waals surface area contributed by atoms with E-state index in [4.69, 9.17) is 11.6 Å². The van der Waals surface area contributed by atoms with Gasteiger partial charge >= 0.3 is 0 Å². The maximum atomic E-state index is 13.5. The van der Waals surface area contributed by atoms with Crippen molar-refractivity contribution in [3.05, 3.63) is 64.7 Å². The third kappa shape index (κ3) is 3.02. The molecule has 0 amide bonds. The Morgan fingerprint density at radius 3 is 2.76 bits per heavy atom. The molecule has 1 unspecified atom stereocenters. The third-order valence-electron chi connectivity index (χ3n) is 2.46. The number of pyridine rings is 1. The molecule has 2 rings (SSSR count). The smallest absolute Gasteiger partial charge is 0.127 e. The molecule has 2 nitrogen and oxygen atoms in total. The summed E-state index contributed by atoms with van der Waals surface area (Å²) in [4.78, 5) is 4.02. The summed E-state index contributed by atoms with van der Waals surface area (Å²) >= 11 is 5.66. The Labute approximate surface area is 104 Å². The van der Waals surface area contributed by atoms with Crippen molar-refractivity contribution in [1.29, 1.82) is 0 Å². The van der Waals surface area contributed by atoms with Gasteiger partial charge in [-0.15, -0.1) is 0 Å². The van der Waals surface area contributed by atoms with Gasteiger partial charge in [0.2, 0.25) is 0 Å². The number of halogens is 2. The number of aliphatic hydroxyl groups is 1. The second-order valence-corrected chi connectivity index (χ2v) is 4.15. The van der Waals surface area contributed by atoms with Crippen molar-refractivity contribution < 1.29 is 9.50 Å².